The first-order chi connectivity index (χ1) is 31.3. The fraction of sp³-hybridized carbons (Fsp3) is 0.647. The lowest BCUT2D eigenvalue weighted by Crippen LogP contribution is -1.93. The molecule has 402 valence electrons. The predicted molar refractivity (Wildman–Crippen MR) is 329 cm³/mol. The Morgan fingerprint density at radius 1 is 0.368 bits per heavy atom. The summed E-state index contributed by atoms with van der Waals surface area (Å²) >= 11 is 0. The quantitative estimate of drug-likeness (QED) is 0.165. The second kappa shape index (κ2) is 68.1. The third-order valence-corrected chi connectivity index (χ3v) is 8.19. The monoisotopic (exact) mass is 947 g/mol. The largest absolute Gasteiger partial charge is 0.0776 e. The van der Waals surface area contributed by atoms with E-state index in [1.165, 1.54) is 103 Å². The highest BCUT2D eigenvalue weighted by atomic mass is 14.0. The van der Waals surface area contributed by atoms with Crippen LogP contribution in [0.25, 0.3) is 0 Å². The van der Waals surface area contributed by atoms with E-state index in [4.69, 9.17) is 0 Å². The molecule has 0 atom stereocenters. The molecule has 0 aliphatic carbocycles. The first-order valence-electron chi connectivity index (χ1n) is 27.5. The zero-order valence-electron chi connectivity index (χ0n) is 51.3. The Balaban J connectivity index is -0.0000000815. The molecule has 0 aliphatic rings. The summed E-state index contributed by atoms with van der Waals surface area (Å²) in [5.41, 5.74) is 10.0. The van der Waals surface area contributed by atoms with E-state index in [1.807, 2.05) is 32.0 Å². The van der Waals surface area contributed by atoms with Crippen molar-refractivity contribution < 1.29 is 0 Å². The van der Waals surface area contributed by atoms with Crippen LogP contribution in [0, 0.1) is 57.8 Å². The van der Waals surface area contributed by atoms with Crippen molar-refractivity contribution in [2.75, 3.05) is 0 Å². The molecule has 4 rings (SSSR count). The summed E-state index contributed by atoms with van der Waals surface area (Å²) in [6.07, 6.45) is 14.2. The molecule has 0 fully saturated rings. The van der Waals surface area contributed by atoms with Crippen molar-refractivity contribution in [3.63, 3.8) is 0 Å². The molecule has 0 heteroatoms. The molecular weight excluding hydrogens is 817 g/mol. The van der Waals surface area contributed by atoms with Crippen LogP contribution in [0.4, 0.5) is 0 Å². The third kappa shape index (κ3) is 110. The molecule has 4 aromatic carbocycles. The molecule has 4 aromatic rings. The van der Waals surface area contributed by atoms with Gasteiger partial charge in [-0.05, 0) is 81.8 Å². The lowest BCUT2D eigenvalue weighted by atomic mass is 10.0. The lowest BCUT2D eigenvalue weighted by Gasteiger charge is -2.05. The molecule has 0 aliphatic heterocycles. The smallest absolute Gasteiger partial charge is 0.0281 e. The maximum absolute atomic E-state index is 2.22. The maximum Gasteiger partial charge on any atom is -0.0281 e. The van der Waals surface area contributed by atoms with Crippen molar-refractivity contribution in [3.05, 3.63) is 142 Å². The van der Waals surface area contributed by atoms with E-state index in [9.17, 15) is 0 Å². The molecule has 0 unspecified atom stereocenters. The van der Waals surface area contributed by atoms with Crippen LogP contribution in [0.3, 0.4) is 0 Å². The van der Waals surface area contributed by atoms with Gasteiger partial charge in [0, 0.05) is 0 Å². The number of rotatable bonds is 8. The highest BCUT2D eigenvalue weighted by Gasteiger charge is 1.95. The maximum atomic E-state index is 2.22. The Morgan fingerprint density at radius 2 is 0.588 bits per heavy atom. The molecule has 0 N–H and O–H groups in total. The molecule has 0 radical (unpaired) electrons. The molecule has 68 heavy (non-hydrogen) atoms. The SMILES string of the molecule is C.CC.CC(C)(C)C.CC(C)C.CCC.CCC(C)C.CCC(C)C.CCCC.CCCCC.CCCc1ccc(C)cc1.CCc1ccc(C)cc1.Cc1ccc(C)cc1.Cc1ccccc1. The zero-order chi connectivity index (χ0) is 54.1. The van der Waals surface area contributed by atoms with Crippen molar-refractivity contribution in [2.45, 2.75) is 272 Å². The average molecular weight is 948 g/mol. The summed E-state index contributed by atoms with van der Waals surface area (Å²) in [6, 6.07) is 36.2. The van der Waals surface area contributed by atoms with E-state index in [-0.39, 0.29) is 7.43 Å². The van der Waals surface area contributed by atoms with Gasteiger partial charge in [0.15, 0.2) is 0 Å². The van der Waals surface area contributed by atoms with E-state index >= 15 is 0 Å². The second-order valence-electron chi connectivity index (χ2n) is 20.3. The van der Waals surface area contributed by atoms with Gasteiger partial charge in [0.05, 0.1) is 0 Å². The van der Waals surface area contributed by atoms with Crippen molar-refractivity contribution >= 4 is 0 Å². The summed E-state index contributed by atoms with van der Waals surface area (Å²) in [7, 11) is 0. The van der Waals surface area contributed by atoms with Crippen LogP contribution in [-0.2, 0) is 12.8 Å². The molecule has 0 saturated heterocycles. The summed E-state index contributed by atoms with van der Waals surface area (Å²) in [6.45, 7) is 60.5. The molecule has 0 aromatic heterocycles. The van der Waals surface area contributed by atoms with Gasteiger partial charge in [-0.3, -0.25) is 0 Å². The molecule has 0 amide bonds. The number of hydrogen-bond acceptors (Lipinski definition) is 0. The minimum atomic E-state index is 0. The van der Waals surface area contributed by atoms with Crippen molar-refractivity contribution in [1.29, 1.82) is 0 Å². The highest BCUT2D eigenvalue weighted by molar-refractivity contribution is 5.22. The van der Waals surface area contributed by atoms with Crippen LogP contribution in [0.2, 0.25) is 0 Å². The molecule has 0 spiro atoms. The molecular formula is C68H130. The third-order valence-electron chi connectivity index (χ3n) is 8.19. The Labute approximate surface area is 435 Å². The van der Waals surface area contributed by atoms with E-state index in [0.29, 0.717) is 5.41 Å². The van der Waals surface area contributed by atoms with Crippen molar-refractivity contribution in [1.82, 2.24) is 0 Å². The minimum Gasteiger partial charge on any atom is -0.0776 e. The fourth-order valence-corrected chi connectivity index (χ4v) is 3.39. The summed E-state index contributed by atoms with van der Waals surface area (Å²) < 4.78 is 0. The van der Waals surface area contributed by atoms with Crippen LogP contribution in [0.15, 0.2) is 103 Å². The number of benzene rings is 4. The van der Waals surface area contributed by atoms with E-state index in [2.05, 4.69) is 265 Å². The average Bonchev–Trinajstić information content (AvgIpc) is 3.28. The molecule has 0 bridgehead atoms. The van der Waals surface area contributed by atoms with Gasteiger partial charge in [0.2, 0.25) is 0 Å². The van der Waals surface area contributed by atoms with Crippen LogP contribution >= 0.6 is 0 Å². The Kier molecular flexibility index (Phi) is 85.0. The standard InChI is InChI=1S/C10H14.C9H12.C8H10.C7H8.4C5H12.2C4H10.C3H8.C2H6.CH4/c1-3-4-10-7-5-9(2)6-8-10;1-3-9-6-4-8(2)5-7-9;1-7-3-5-8(2)6-4-7;1-7-5-3-2-4-6-7;1-5(2,3)4;2*1-4-5(2)3;1-3-5-4-2;1-4(2)3;1-3-4-2;1-3-2;1-2;/h5-8H,3-4H2,1-2H3;4-7H,3H2,1-2H3;3-6H,1-2H3;2-6H,1H3;1-4H3;2*5H,4H2,1-3H3;3-5H2,1-2H3;4H,1-3H3;3-4H2,1-2H3;3H2,1-2H3;1-2H3;1H4. The predicted octanol–water partition coefficient (Wildman–Crippen LogP) is 24.7. The topological polar surface area (TPSA) is 0 Å². The Hall–Kier alpha value is -3.12. The molecule has 0 nitrogen and oxygen atoms in total. The van der Waals surface area contributed by atoms with Gasteiger partial charge in [0.1, 0.15) is 0 Å². The highest BCUT2D eigenvalue weighted by Crippen LogP contribution is 2.08. The van der Waals surface area contributed by atoms with E-state index in [0.717, 1.165) is 24.2 Å². The van der Waals surface area contributed by atoms with Gasteiger partial charge in [0.25, 0.3) is 0 Å². The van der Waals surface area contributed by atoms with E-state index < -0.39 is 0 Å². The number of unbranched alkanes of at least 4 members (excludes halogenated alkanes) is 3. The fourth-order valence-electron chi connectivity index (χ4n) is 3.39. The number of aryl methyl sites for hydroxylation is 7. The summed E-state index contributed by atoms with van der Waals surface area (Å²) in [5.74, 6) is 2.60. The van der Waals surface area contributed by atoms with Gasteiger partial charge >= 0.3 is 0 Å². The van der Waals surface area contributed by atoms with Crippen LogP contribution < -0.4 is 0 Å². The summed E-state index contributed by atoms with van der Waals surface area (Å²) in [5, 5.41) is 0. The van der Waals surface area contributed by atoms with Crippen molar-refractivity contribution in [3.8, 4) is 0 Å². The first kappa shape index (κ1) is 84.8. The van der Waals surface area contributed by atoms with Gasteiger partial charge < -0.3 is 0 Å². The van der Waals surface area contributed by atoms with Gasteiger partial charge in [-0.1, -0.05) is 355 Å². The Morgan fingerprint density at radius 3 is 0.735 bits per heavy atom. The summed E-state index contributed by atoms with van der Waals surface area (Å²) in [4.78, 5) is 0. The normalized spacial score (nSPS) is 8.93. The van der Waals surface area contributed by atoms with Crippen LogP contribution in [0.5, 0.6) is 0 Å². The second-order valence-corrected chi connectivity index (χ2v) is 20.3. The van der Waals surface area contributed by atoms with Gasteiger partial charge in [-0.15, -0.1) is 0 Å². The lowest BCUT2D eigenvalue weighted by molar-refractivity contribution is 0.469. The van der Waals surface area contributed by atoms with Crippen LogP contribution in [0.1, 0.15) is 263 Å². The molecule has 0 heterocycles. The number of hydrogen-bond donors (Lipinski definition) is 0. The van der Waals surface area contributed by atoms with Crippen molar-refractivity contribution in [2.24, 2.45) is 23.2 Å². The van der Waals surface area contributed by atoms with Gasteiger partial charge in [-0.2, -0.15) is 0 Å². The molecule has 0 saturated carbocycles. The van der Waals surface area contributed by atoms with E-state index in [1.54, 1.807) is 0 Å². The Bertz CT molecular complexity index is 1310. The first-order valence-corrected chi connectivity index (χ1v) is 27.5. The zero-order valence-corrected chi connectivity index (χ0v) is 51.3. The minimum absolute atomic E-state index is 0. The van der Waals surface area contributed by atoms with Crippen LogP contribution in [-0.4, -0.2) is 0 Å². The van der Waals surface area contributed by atoms with Gasteiger partial charge in [-0.25, -0.2) is 0 Å².